The molecule has 2 atom stereocenters. The first-order chi connectivity index (χ1) is 9.26. The monoisotopic (exact) mass is 283 g/mol. The predicted octanol–water partition coefficient (Wildman–Crippen LogP) is 2.12. The number of nitrogens with zero attached hydrogens (tertiary/aromatic N) is 1. The maximum Gasteiger partial charge on any atom is 0.171 e. The van der Waals surface area contributed by atoms with Gasteiger partial charge in [-0.05, 0) is 53.0 Å². The summed E-state index contributed by atoms with van der Waals surface area (Å²) in [4.78, 5) is 15.0. The lowest BCUT2D eigenvalue weighted by molar-refractivity contribution is -0.132. The molecule has 0 aromatic rings. The third kappa shape index (κ3) is 3.23. The lowest BCUT2D eigenvalue weighted by atomic mass is 9.85. The van der Waals surface area contributed by atoms with Gasteiger partial charge in [0.05, 0.1) is 18.1 Å². The van der Waals surface area contributed by atoms with E-state index >= 15 is 0 Å². The molecule has 0 aliphatic carbocycles. The van der Waals surface area contributed by atoms with Gasteiger partial charge in [-0.3, -0.25) is 4.79 Å². The van der Waals surface area contributed by atoms with Gasteiger partial charge in [0.2, 0.25) is 0 Å². The fraction of sp³-hybridized carbons (Fsp3) is 0.938. The van der Waals surface area contributed by atoms with E-state index in [2.05, 4.69) is 4.90 Å². The van der Waals surface area contributed by atoms with Crippen LogP contribution >= 0.6 is 0 Å². The standard InChI is InChI=1S/C16H29NO3/c1-15(2)13(14(18)16(3,4)20-15)10-17-8-6-7-12(9-17)11-19-5/h12-13H,6-11H2,1-5H3. The summed E-state index contributed by atoms with van der Waals surface area (Å²) in [7, 11) is 1.76. The Labute approximate surface area is 122 Å². The zero-order chi connectivity index (χ0) is 15.0. The van der Waals surface area contributed by atoms with Gasteiger partial charge in [0.15, 0.2) is 5.78 Å². The summed E-state index contributed by atoms with van der Waals surface area (Å²) in [5, 5.41) is 0. The predicted molar refractivity (Wildman–Crippen MR) is 78.8 cm³/mol. The average molecular weight is 283 g/mol. The summed E-state index contributed by atoms with van der Waals surface area (Å²) >= 11 is 0. The quantitative estimate of drug-likeness (QED) is 0.792. The fourth-order valence-corrected chi connectivity index (χ4v) is 3.76. The van der Waals surface area contributed by atoms with Gasteiger partial charge in [-0.1, -0.05) is 0 Å². The topological polar surface area (TPSA) is 38.8 Å². The van der Waals surface area contributed by atoms with Gasteiger partial charge in [-0.15, -0.1) is 0 Å². The van der Waals surface area contributed by atoms with E-state index in [-0.39, 0.29) is 17.3 Å². The maximum absolute atomic E-state index is 12.5. The molecule has 2 saturated heterocycles. The van der Waals surface area contributed by atoms with Crippen molar-refractivity contribution in [3.8, 4) is 0 Å². The first kappa shape index (κ1) is 15.9. The van der Waals surface area contributed by atoms with E-state index in [0.29, 0.717) is 5.92 Å². The van der Waals surface area contributed by atoms with Crippen LogP contribution in [0.4, 0.5) is 0 Å². The molecule has 0 spiro atoms. The summed E-state index contributed by atoms with van der Waals surface area (Å²) in [6.07, 6.45) is 2.42. The van der Waals surface area contributed by atoms with Crippen LogP contribution in [0.3, 0.4) is 0 Å². The lowest BCUT2D eigenvalue weighted by Gasteiger charge is -2.36. The largest absolute Gasteiger partial charge is 0.384 e. The number of Topliss-reactive ketones (excluding diaryl/α,β-unsaturated/α-hetero) is 1. The minimum atomic E-state index is -0.643. The SMILES string of the molecule is COCC1CCCN(CC2C(=O)C(C)(C)OC2(C)C)C1. The molecule has 2 aliphatic heterocycles. The minimum absolute atomic E-state index is 0.0289. The third-order valence-corrected chi connectivity index (χ3v) is 4.71. The Kier molecular flexibility index (Phi) is 4.57. The van der Waals surface area contributed by atoms with Gasteiger partial charge in [0.25, 0.3) is 0 Å². The molecule has 0 N–H and O–H groups in total. The van der Waals surface area contributed by atoms with Crippen molar-refractivity contribution in [1.29, 1.82) is 0 Å². The summed E-state index contributed by atoms with van der Waals surface area (Å²) in [5.74, 6) is 0.817. The second-order valence-electron chi connectivity index (χ2n) is 7.36. The highest BCUT2D eigenvalue weighted by molar-refractivity contribution is 5.91. The molecule has 2 fully saturated rings. The zero-order valence-electron chi connectivity index (χ0n) is 13.6. The van der Waals surface area contributed by atoms with Crippen molar-refractivity contribution in [1.82, 2.24) is 4.90 Å². The van der Waals surface area contributed by atoms with Crippen molar-refractivity contribution in [3.63, 3.8) is 0 Å². The van der Waals surface area contributed by atoms with Gasteiger partial charge < -0.3 is 14.4 Å². The van der Waals surface area contributed by atoms with E-state index in [1.807, 2.05) is 27.7 Å². The number of piperidine rings is 1. The zero-order valence-corrected chi connectivity index (χ0v) is 13.6. The van der Waals surface area contributed by atoms with Crippen LogP contribution in [0.1, 0.15) is 40.5 Å². The van der Waals surface area contributed by atoms with E-state index < -0.39 is 5.60 Å². The fourth-order valence-electron chi connectivity index (χ4n) is 3.76. The van der Waals surface area contributed by atoms with Crippen LogP contribution in [0.2, 0.25) is 0 Å². The Morgan fingerprint density at radius 1 is 1.35 bits per heavy atom. The van der Waals surface area contributed by atoms with Crippen LogP contribution in [-0.4, -0.2) is 55.2 Å². The number of rotatable bonds is 4. The second-order valence-corrected chi connectivity index (χ2v) is 7.36. The Bertz CT molecular complexity index is 363. The highest BCUT2D eigenvalue weighted by Gasteiger charge is 2.53. The molecule has 0 amide bonds. The van der Waals surface area contributed by atoms with Crippen molar-refractivity contribution in [2.45, 2.75) is 51.7 Å². The van der Waals surface area contributed by atoms with Crippen molar-refractivity contribution >= 4 is 5.78 Å². The molecule has 4 heteroatoms. The molecule has 0 radical (unpaired) electrons. The van der Waals surface area contributed by atoms with Gasteiger partial charge in [0, 0.05) is 20.2 Å². The van der Waals surface area contributed by atoms with E-state index in [1.54, 1.807) is 7.11 Å². The first-order valence-electron chi connectivity index (χ1n) is 7.72. The smallest absolute Gasteiger partial charge is 0.171 e. The number of methoxy groups -OCH3 is 1. The summed E-state index contributed by atoms with van der Waals surface area (Å²) in [5.41, 5.74) is -1.01. The molecular weight excluding hydrogens is 254 g/mol. The van der Waals surface area contributed by atoms with Crippen LogP contribution in [0.5, 0.6) is 0 Å². The number of hydrogen-bond acceptors (Lipinski definition) is 4. The maximum atomic E-state index is 12.5. The molecule has 2 aliphatic rings. The third-order valence-electron chi connectivity index (χ3n) is 4.71. The van der Waals surface area contributed by atoms with Crippen LogP contribution in [0.15, 0.2) is 0 Å². The number of carbonyl (C=O) groups excluding carboxylic acids is 1. The Balaban J connectivity index is 2.00. The summed E-state index contributed by atoms with van der Waals surface area (Å²) in [6, 6.07) is 0. The van der Waals surface area contributed by atoms with E-state index in [0.717, 1.165) is 26.2 Å². The van der Waals surface area contributed by atoms with Crippen molar-refractivity contribution in [2.24, 2.45) is 11.8 Å². The first-order valence-corrected chi connectivity index (χ1v) is 7.72. The molecular formula is C16H29NO3. The van der Waals surface area contributed by atoms with Crippen LogP contribution in [0.25, 0.3) is 0 Å². The van der Waals surface area contributed by atoms with Gasteiger partial charge in [0.1, 0.15) is 5.60 Å². The Hall–Kier alpha value is -0.450. The van der Waals surface area contributed by atoms with Crippen LogP contribution in [0, 0.1) is 11.8 Å². The molecule has 0 aromatic heterocycles. The molecule has 0 aromatic carbocycles. The molecule has 2 unspecified atom stereocenters. The van der Waals surface area contributed by atoms with Crippen molar-refractivity contribution < 1.29 is 14.3 Å². The highest BCUT2D eigenvalue weighted by Crippen LogP contribution is 2.39. The molecule has 2 rings (SSSR count). The molecule has 2 heterocycles. The molecule has 20 heavy (non-hydrogen) atoms. The minimum Gasteiger partial charge on any atom is -0.384 e. The molecule has 0 saturated carbocycles. The van der Waals surface area contributed by atoms with Crippen LogP contribution in [-0.2, 0) is 14.3 Å². The second kappa shape index (κ2) is 5.74. The number of ketones is 1. The summed E-state index contributed by atoms with van der Waals surface area (Å²) in [6.45, 7) is 11.6. The number of hydrogen-bond donors (Lipinski definition) is 0. The number of likely N-dealkylation sites (tertiary alicyclic amines) is 1. The van der Waals surface area contributed by atoms with Gasteiger partial charge in [-0.2, -0.15) is 0 Å². The summed E-state index contributed by atoms with van der Waals surface area (Å²) < 4.78 is 11.3. The van der Waals surface area contributed by atoms with Crippen molar-refractivity contribution in [2.75, 3.05) is 33.4 Å². The molecule has 4 nitrogen and oxygen atoms in total. The highest BCUT2D eigenvalue weighted by atomic mass is 16.5. The number of ether oxygens (including phenoxy) is 2. The average Bonchev–Trinajstić information content (AvgIpc) is 2.49. The lowest BCUT2D eigenvalue weighted by Crippen LogP contribution is -2.45. The molecule has 116 valence electrons. The van der Waals surface area contributed by atoms with E-state index in [1.165, 1.54) is 12.8 Å². The van der Waals surface area contributed by atoms with Gasteiger partial charge in [-0.25, -0.2) is 0 Å². The van der Waals surface area contributed by atoms with E-state index in [4.69, 9.17) is 9.47 Å². The molecule has 0 bridgehead atoms. The van der Waals surface area contributed by atoms with Crippen LogP contribution < -0.4 is 0 Å². The van der Waals surface area contributed by atoms with Crippen molar-refractivity contribution in [3.05, 3.63) is 0 Å². The Morgan fingerprint density at radius 2 is 2.05 bits per heavy atom. The number of carbonyl (C=O) groups is 1. The van der Waals surface area contributed by atoms with Gasteiger partial charge >= 0.3 is 0 Å². The van der Waals surface area contributed by atoms with E-state index in [9.17, 15) is 4.79 Å². The normalized spacial score (nSPS) is 33.5. The Morgan fingerprint density at radius 3 is 2.60 bits per heavy atom.